The third-order valence-corrected chi connectivity index (χ3v) is 2.97. The van der Waals surface area contributed by atoms with Crippen molar-refractivity contribution in [2.75, 3.05) is 11.9 Å². The third-order valence-electron chi connectivity index (χ3n) is 2.72. The van der Waals surface area contributed by atoms with Gasteiger partial charge in [-0.1, -0.05) is 29.3 Å². The predicted octanol–water partition coefficient (Wildman–Crippen LogP) is 3.44. The highest BCUT2D eigenvalue weighted by molar-refractivity contribution is 6.30. The quantitative estimate of drug-likeness (QED) is 0.880. The van der Waals surface area contributed by atoms with Gasteiger partial charge in [-0.2, -0.15) is 0 Å². The Hall–Kier alpha value is -2.33. The molecule has 0 unspecified atom stereocenters. The van der Waals surface area contributed by atoms with Crippen LogP contribution in [-0.4, -0.2) is 18.5 Å². The molecular formula is C16H14ClNO3. The number of benzene rings is 2. The Morgan fingerprint density at radius 1 is 1.14 bits per heavy atom. The third kappa shape index (κ3) is 4.61. The van der Waals surface area contributed by atoms with E-state index >= 15 is 0 Å². The Bertz CT molecular complexity index is 653. The molecule has 0 saturated carbocycles. The van der Waals surface area contributed by atoms with Crippen molar-refractivity contribution >= 4 is 29.2 Å². The van der Waals surface area contributed by atoms with Gasteiger partial charge in [0.2, 0.25) is 0 Å². The van der Waals surface area contributed by atoms with Crippen molar-refractivity contribution in [3.8, 4) is 0 Å². The number of hydrogen-bond acceptors (Lipinski definition) is 3. The van der Waals surface area contributed by atoms with E-state index < -0.39 is 11.9 Å². The molecule has 0 bridgehead atoms. The summed E-state index contributed by atoms with van der Waals surface area (Å²) in [6.45, 7) is 1.54. The molecule has 0 saturated heterocycles. The number of rotatable bonds is 4. The maximum Gasteiger partial charge on any atom is 0.338 e. The highest BCUT2D eigenvalue weighted by Crippen LogP contribution is 2.13. The summed E-state index contributed by atoms with van der Waals surface area (Å²) in [6, 6.07) is 13.7. The van der Waals surface area contributed by atoms with Gasteiger partial charge < -0.3 is 10.1 Å². The predicted molar refractivity (Wildman–Crippen MR) is 81.5 cm³/mol. The van der Waals surface area contributed by atoms with E-state index in [4.69, 9.17) is 16.3 Å². The van der Waals surface area contributed by atoms with E-state index in [1.54, 1.807) is 42.5 Å². The lowest BCUT2D eigenvalue weighted by molar-refractivity contribution is -0.119. The first-order valence-corrected chi connectivity index (χ1v) is 6.71. The fourth-order valence-corrected chi connectivity index (χ4v) is 1.84. The van der Waals surface area contributed by atoms with Gasteiger partial charge in [-0.15, -0.1) is 0 Å². The average molecular weight is 304 g/mol. The molecule has 108 valence electrons. The largest absolute Gasteiger partial charge is 0.452 e. The van der Waals surface area contributed by atoms with Crippen LogP contribution in [0.1, 0.15) is 15.9 Å². The first kappa shape index (κ1) is 15.1. The van der Waals surface area contributed by atoms with Gasteiger partial charge in [0.1, 0.15) is 0 Å². The van der Waals surface area contributed by atoms with E-state index in [9.17, 15) is 9.59 Å². The van der Waals surface area contributed by atoms with Gasteiger partial charge in [0.15, 0.2) is 6.61 Å². The Labute approximate surface area is 127 Å². The smallest absolute Gasteiger partial charge is 0.338 e. The number of ether oxygens (including phenoxy) is 1. The minimum atomic E-state index is -0.523. The molecule has 0 aliphatic heterocycles. The van der Waals surface area contributed by atoms with Crippen LogP contribution in [0.4, 0.5) is 5.69 Å². The molecule has 1 amide bonds. The van der Waals surface area contributed by atoms with Crippen molar-refractivity contribution in [3.05, 3.63) is 64.7 Å². The number of carbonyl (C=O) groups excluding carboxylic acids is 2. The van der Waals surface area contributed by atoms with Crippen molar-refractivity contribution in [1.82, 2.24) is 0 Å². The van der Waals surface area contributed by atoms with E-state index in [0.717, 1.165) is 5.56 Å². The highest BCUT2D eigenvalue weighted by atomic mass is 35.5. The van der Waals surface area contributed by atoms with E-state index in [2.05, 4.69) is 5.32 Å². The number of carbonyl (C=O) groups is 2. The number of aryl methyl sites for hydroxylation is 1. The van der Waals surface area contributed by atoms with Crippen LogP contribution in [0.25, 0.3) is 0 Å². The van der Waals surface area contributed by atoms with Crippen LogP contribution in [0.3, 0.4) is 0 Å². The van der Waals surface area contributed by atoms with E-state index in [-0.39, 0.29) is 6.61 Å². The standard InChI is InChI=1S/C16H14ClNO3/c1-11-3-2-4-12(9-11)16(20)21-10-15(19)18-14-7-5-13(17)6-8-14/h2-9H,10H2,1H3,(H,18,19). The van der Waals surface area contributed by atoms with Crippen LogP contribution in [-0.2, 0) is 9.53 Å². The van der Waals surface area contributed by atoms with Crippen molar-refractivity contribution in [2.45, 2.75) is 6.92 Å². The number of amides is 1. The number of halogens is 1. The van der Waals surface area contributed by atoms with Gasteiger partial charge in [-0.05, 0) is 43.3 Å². The molecule has 2 rings (SSSR count). The Morgan fingerprint density at radius 2 is 1.86 bits per heavy atom. The zero-order valence-electron chi connectivity index (χ0n) is 11.4. The summed E-state index contributed by atoms with van der Waals surface area (Å²) in [6.07, 6.45) is 0. The average Bonchev–Trinajstić information content (AvgIpc) is 2.47. The molecule has 2 aromatic rings. The van der Waals surface area contributed by atoms with Crippen molar-refractivity contribution < 1.29 is 14.3 Å². The fourth-order valence-electron chi connectivity index (χ4n) is 1.72. The second-order valence-electron chi connectivity index (χ2n) is 4.50. The van der Waals surface area contributed by atoms with Crippen LogP contribution >= 0.6 is 11.6 Å². The minimum Gasteiger partial charge on any atom is -0.452 e. The second-order valence-corrected chi connectivity index (χ2v) is 4.94. The lowest BCUT2D eigenvalue weighted by atomic mass is 10.1. The first-order valence-electron chi connectivity index (χ1n) is 6.34. The molecule has 0 atom stereocenters. The molecule has 1 N–H and O–H groups in total. The van der Waals surface area contributed by atoms with Crippen LogP contribution in [0.5, 0.6) is 0 Å². The lowest BCUT2D eigenvalue weighted by Gasteiger charge is -2.07. The topological polar surface area (TPSA) is 55.4 Å². The van der Waals surface area contributed by atoms with Crippen LogP contribution in [0, 0.1) is 6.92 Å². The van der Waals surface area contributed by atoms with Gasteiger partial charge in [-0.25, -0.2) is 4.79 Å². The van der Waals surface area contributed by atoms with E-state index in [1.807, 2.05) is 13.0 Å². The monoisotopic (exact) mass is 303 g/mol. The zero-order valence-corrected chi connectivity index (χ0v) is 12.2. The van der Waals surface area contributed by atoms with Gasteiger partial charge >= 0.3 is 5.97 Å². The van der Waals surface area contributed by atoms with Crippen LogP contribution < -0.4 is 5.32 Å². The molecule has 5 heteroatoms. The molecule has 21 heavy (non-hydrogen) atoms. The van der Waals surface area contributed by atoms with Crippen molar-refractivity contribution in [3.63, 3.8) is 0 Å². The second kappa shape index (κ2) is 6.90. The van der Waals surface area contributed by atoms with E-state index in [0.29, 0.717) is 16.3 Å². The first-order chi connectivity index (χ1) is 10.0. The number of anilines is 1. The van der Waals surface area contributed by atoms with Crippen molar-refractivity contribution in [2.24, 2.45) is 0 Å². The molecule has 0 radical (unpaired) electrons. The molecule has 2 aromatic carbocycles. The number of esters is 1. The van der Waals surface area contributed by atoms with Gasteiger partial charge in [0.05, 0.1) is 5.56 Å². The summed E-state index contributed by atoms with van der Waals surface area (Å²) in [7, 11) is 0. The SMILES string of the molecule is Cc1cccc(C(=O)OCC(=O)Nc2ccc(Cl)cc2)c1. The Kier molecular flexibility index (Phi) is 4.95. The molecule has 0 aromatic heterocycles. The molecule has 0 fully saturated rings. The molecule has 0 aliphatic carbocycles. The number of hydrogen-bond donors (Lipinski definition) is 1. The summed E-state index contributed by atoms with van der Waals surface area (Å²) < 4.78 is 4.96. The Balaban J connectivity index is 1.86. The summed E-state index contributed by atoms with van der Waals surface area (Å²) in [4.78, 5) is 23.5. The van der Waals surface area contributed by atoms with Gasteiger partial charge in [0.25, 0.3) is 5.91 Å². The maximum atomic E-state index is 11.8. The summed E-state index contributed by atoms with van der Waals surface area (Å²) in [5.41, 5.74) is 1.97. The number of nitrogens with one attached hydrogen (secondary N) is 1. The molecule has 0 spiro atoms. The Morgan fingerprint density at radius 3 is 2.52 bits per heavy atom. The van der Waals surface area contributed by atoms with Crippen LogP contribution in [0.2, 0.25) is 5.02 Å². The molecule has 4 nitrogen and oxygen atoms in total. The summed E-state index contributed by atoms with van der Waals surface area (Å²) in [5.74, 6) is -0.928. The molecular weight excluding hydrogens is 290 g/mol. The molecule has 0 aliphatic rings. The highest BCUT2D eigenvalue weighted by Gasteiger charge is 2.10. The van der Waals surface area contributed by atoms with Crippen molar-refractivity contribution in [1.29, 1.82) is 0 Å². The summed E-state index contributed by atoms with van der Waals surface area (Å²) >= 11 is 5.75. The minimum absolute atomic E-state index is 0.338. The summed E-state index contributed by atoms with van der Waals surface area (Å²) in [5, 5.41) is 3.19. The lowest BCUT2D eigenvalue weighted by Crippen LogP contribution is -2.20. The molecule has 0 heterocycles. The van der Waals surface area contributed by atoms with E-state index in [1.165, 1.54) is 0 Å². The van der Waals surface area contributed by atoms with Gasteiger partial charge in [-0.3, -0.25) is 4.79 Å². The zero-order chi connectivity index (χ0) is 15.2. The fraction of sp³-hybridized carbons (Fsp3) is 0.125. The van der Waals surface area contributed by atoms with Crippen LogP contribution in [0.15, 0.2) is 48.5 Å². The van der Waals surface area contributed by atoms with Gasteiger partial charge in [0, 0.05) is 10.7 Å². The maximum absolute atomic E-state index is 11.8. The normalized spacial score (nSPS) is 10.0.